The van der Waals surface area contributed by atoms with Crippen LogP contribution in [-0.4, -0.2) is 30.9 Å². The number of aromatic nitrogens is 1. The van der Waals surface area contributed by atoms with Gasteiger partial charge in [0.1, 0.15) is 17.3 Å². The van der Waals surface area contributed by atoms with Crippen LogP contribution in [0.15, 0.2) is 52.7 Å². The van der Waals surface area contributed by atoms with Gasteiger partial charge in [0.15, 0.2) is 5.13 Å². The number of halogens is 1. The Kier molecular flexibility index (Phi) is 6.89. The number of benzene rings is 2. The Balaban J connectivity index is 1.58. The average Bonchev–Trinajstić information content (AvgIpc) is 3.17. The summed E-state index contributed by atoms with van der Waals surface area (Å²) in [5.41, 5.74) is 1.50. The fourth-order valence-electron chi connectivity index (χ4n) is 2.44. The minimum Gasteiger partial charge on any atom is -0.497 e. The minimum absolute atomic E-state index is 0.117. The normalized spacial score (nSPS) is 10.5. The molecule has 0 bridgehead atoms. The molecule has 8 heteroatoms. The molecule has 0 fully saturated rings. The van der Waals surface area contributed by atoms with Gasteiger partial charge in [0.25, 0.3) is 0 Å². The van der Waals surface area contributed by atoms with Crippen molar-refractivity contribution in [3.8, 4) is 22.8 Å². The van der Waals surface area contributed by atoms with Gasteiger partial charge >= 0.3 is 0 Å². The van der Waals surface area contributed by atoms with Gasteiger partial charge in [0.2, 0.25) is 5.91 Å². The van der Waals surface area contributed by atoms with Crippen LogP contribution in [0.2, 0.25) is 0 Å². The van der Waals surface area contributed by atoms with Crippen LogP contribution in [0.25, 0.3) is 11.3 Å². The molecule has 146 valence electrons. The standard InChI is InChI=1S/C20H19FN2O3S2/c1-25-14-5-8-18(26-2)16(11-14)17-12-28-20(22-17)23-19(24)9-10-27-15-6-3-13(21)4-7-15/h3-8,11-12H,9-10H2,1-2H3,(H,22,23,24). The highest BCUT2D eigenvalue weighted by Crippen LogP contribution is 2.35. The van der Waals surface area contributed by atoms with E-state index in [0.29, 0.717) is 34.5 Å². The predicted octanol–water partition coefficient (Wildman–Crippen LogP) is 5.09. The Hall–Kier alpha value is -2.58. The zero-order valence-electron chi connectivity index (χ0n) is 15.4. The van der Waals surface area contributed by atoms with Crippen molar-refractivity contribution in [2.24, 2.45) is 0 Å². The van der Waals surface area contributed by atoms with Gasteiger partial charge in [-0.25, -0.2) is 9.37 Å². The lowest BCUT2D eigenvalue weighted by molar-refractivity contribution is -0.115. The lowest BCUT2D eigenvalue weighted by Crippen LogP contribution is -2.11. The minimum atomic E-state index is -0.269. The van der Waals surface area contributed by atoms with E-state index < -0.39 is 0 Å². The largest absolute Gasteiger partial charge is 0.497 e. The number of rotatable bonds is 8. The van der Waals surface area contributed by atoms with Crippen LogP contribution < -0.4 is 14.8 Å². The monoisotopic (exact) mass is 418 g/mol. The first kappa shape index (κ1) is 20.2. The molecule has 0 atom stereocenters. The maximum Gasteiger partial charge on any atom is 0.226 e. The Labute approximate surface area is 170 Å². The summed E-state index contributed by atoms with van der Waals surface area (Å²) in [7, 11) is 3.20. The number of hydrogen-bond acceptors (Lipinski definition) is 6. The summed E-state index contributed by atoms with van der Waals surface area (Å²) in [6.07, 6.45) is 0.333. The first-order valence-electron chi connectivity index (χ1n) is 8.45. The predicted molar refractivity (Wildman–Crippen MR) is 111 cm³/mol. The van der Waals surface area contributed by atoms with Crippen molar-refractivity contribution in [1.82, 2.24) is 4.98 Å². The van der Waals surface area contributed by atoms with Gasteiger partial charge in [0, 0.05) is 28.0 Å². The average molecular weight is 419 g/mol. The molecule has 0 spiro atoms. The van der Waals surface area contributed by atoms with Crippen LogP contribution in [0.1, 0.15) is 6.42 Å². The van der Waals surface area contributed by atoms with Crippen LogP contribution in [0.5, 0.6) is 11.5 Å². The molecule has 1 aromatic heterocycles. The first-order valence-corrected chi connectivity index (χ1v) is 10.3. The first-order chi connectivity index (χ1) is 13.6. The molecule has 0 aliphatic heterocycles. The molecule has 0 aliphatic rings. The number of thioether (sulfide) groups is 1. The Morgan fingerprint density at radius 3 is 2.68 bits per heavy atom. The van der Waals surface area contributed by atoms with E-state index in [0.717, 1.165) is 10.5 Å². The second kappa shape index (κ2) is 9.57. The molecule has 1 amide bonds. The molecule has 5 nitrogen and oxygen atoms in total. The molecule has 3 rings (SSSR count). The molecule has 0 unspecified atom stereocenters. The van der Waals surface area contributed by atoms with Crippen LogP contribution >= 0.6 is 23.1 Å². The second-order valence-electron chi connectivity index (χ2n) is 5.70. The topological polar surface area (TPSA) is 60.5 Å². The molecule has 0 radical (unpaired) electrons. The summed E-state index contributed by atoms with van der Waals surface area (Å²) < 4.78 is 23.5. The quantitative estimate of drug-likeness (QED) is 0.517. The van der Waals surface area contributed by atoms with E-state index >= 15 is 0 Å². The number of nitrogens with zero attached hydrogens (tertiary/aromatic N) is 1. The van der Waals surface area contributed by atoms with Crippen molar-refractivity contribution in [2.75, 3.05) is 25.3 Å². The van der Waals surface area contributed by atoms with E-state index in [1.807, 2.05) is 23.6 Å². The molecule has 0 saturated heterocycles. The van der Waals surface area contributed by atoms with Gasteiger partial charge in [-0.15, -0.1) is 23.1 Å². The molecule has 0 saturated carbocycles. The maximum absolute atomic E-state index is 12.9. The molecule has 1 N–H and O–H groups in total. The summed E-state index contributed by atoms with van der Waals surface area (Å²) >= 11 is 2.85. The van der Waals surface area contributed by atoms with E-state index in [1.54, 1.807) is 26.4 Å². The summed E-state index contributed by atoms with van der Waals surface area (Å²) in [5, 5.41) is 5.20. The number of carbonyl (C=O) groups excluding carboxylic acids is 1. The SMILES string of the molecule is COc1ccc(OC)c(-c2csc(NC(=O)CCSc3ccc(F)cc3)n2)c1. The molecule has 0 aliphatic carbocycles. The Morgan fingerprint density at radius 1 is 1.18 bits per heavy atom. The van der Waals surface area contributed by atoms with Crippen molar-refractivity contribution in [3.05, 3.63) is 53.7 Å². The van der Waals surface area contributed by atoms with Gasteiger partial charge in [-0.2, -0.15) is 0 Å². The smallest absolute Gasteiger partial charge is 0.226 e. The third kappa shape index (κ3) is 5.24. The number of hydrogen-bond donors (Lipinski definition) is 1. The number of methoxy groups -OCH3 is 2. The lowest BCUT2D eigenvalue weighted by atomic mass is 10.1. The highest BCUT2D eigenvalue weighted by Gasteiger charge is 2.13. The van der Waals surface area contributed by atoms with E-state index in [1.165, 1.54) is 35.2 Å². The van der Waals surface area contributed by atoms with Crippen LogP contribution in [0.3, 0.4) is 0 Å². The fraction of sp³-hybridized carbons (Fsp3) is 0.200. The van der Waals surface area contributed by atoms with Gasteiger partial charge in [-0.05, 0) is 42.5 Å². The van der Waals surface area contributed by atoms with E-state index in [9.17, 15) is 9.18 Å². The molecular formula is C20H19FN2O3S2. The lowest BCUT2D eigenvalue weighted by Gasteiger charge is -2.08. The highest BCUT2D eigenvalue weighted by molar-refractivity contribution is 7.99. The summed E-state index contributed by atoms with van der Waals surface area (Å²) in [5.74, 6) is 1.59. The Morgan fingerprint density at radius 2 is 1.96 bits per heavy atom. The highest BCUT2D eigenvalue weighted by atomic mass is 32.2. The molecule has 2 aromatic carbocycles. The molecule has 1 heterocycles. The van der Waals surface area contributed by atoms with E-state index in [4.69, 9.17) is 9.47 Å². The molecular weight excluding hydrogens is 399 g/mol. The molecule has 3 aromatic rings. The number of carbonyl (C=O) groups is 1. The fourth-order valence-corrected chi connectivity index (χ4v) is 4.02. The van der Waals surface area contributed by atoms with Crippen LogP contribution in [0, 0.1) is 5.82 Å². The number of thiazole rings is 1. The van der Waals surface area contributed by atoms with Gasteiger partial charge in [-0.3, -0.25) is 4.79 Å². The van der Waals surface area contributed by atoms with Crippen molar-refractivity contribution in [2.45, 2.75) is 11.3 Å². The maximum atomic E-state index is 12.9. The summed E-state index contributed by atoms with van der Waals surface area (Å²) in [6, 6.07) is 11.7. The number of anilines is 1. The molecule has 28 heavy (non-hydrogen) atoms. The number of ether oxygens (including phenoxy) is 2. The van der Waals surface area contributed by atoms with Gasteiger partial charge in [-0.1, -0.05) is 0 Å². The van der Waals surface area contributed by atoms with Crippen molar-refractivity contribution in [3.63, 3.8) is 0 Å². The summed E-state index contributed by atoms with van der Waals surface area (Å²) in [4.78, 5) is 17.6. The zero-order valence-corrected chi connectivity index (χ0v) is 17.0. The third-order valence-corrected chi connectivity index (χ3v) is 5.62. The van der Waals surface area contributed by atoms with Crippen molar-refractivity contribution in [1.29, 1.82) is 0 Å². The third-order valence-electron chi connectivity index (χ3n) is 3.84. The van der Waals surface area contributed by atoms with Gasteiger partial charge < -0.3 is 14.8 Å². The van der Waals surface area contributed by atoms with Crippen molar-refractivity contribution < 1.29 is 18.7 Å². The van der Waals surface area contributed by atoms with Crippen LogP contribution in [0.4, 0.5) is 9.52 Å². The van der Waals surface area contributed by atoms with Crippen LogP contribution in [-0.2, 0) is 4.79 Å². The number of nitrogens with one attached hydrogen (secondary N) is 1. The summed E-state index contributed by atoms with van der Waals surface area (Å²) in [6.45, 7) is 0. The Bertz CT molecular complexity index is 945. The zero-order chi connectivity index (χ0) is 19.9. The van der Waals surface area contributed by atoms with E-state index in [-0.39, 0.29) is 11.7 Å². The van der Waals surface area contributed by atoms with Crippen molar-refractivity contribution >= 4 is 34.1 Å². The van der Waals surface area contributed by atoms with E-state index in [2.05, 4.69) is 10.3 Å². The number of amides is 1. The second-order valence-corrected chi connectivity index (χ2v) is 7.73. The van der Waals surface area contributed by atoms with Gasteiger partial charge in [0.05, 0.1) is 19.9 Å².